The van der Waals surface area contributed by atoms with Gasteiger partial charge in [-0.05, 0) is 25.2 Å². The fourth-order valence-electron chi connectivity index (χ4n) is 2.82. The molecule has 0 bridgehead atoms. The van der Waals surface area contributed by atoms with Gasteiger partial charge in [0.15, 0.2) is 0 Å². The fraction of sp³-hybridized carbons (Fsp3) is 0.714. The summed E-state index contributed by atoms with van der Waals surface area (Å²) in [6.45, 7) is 2.71. The van der Waals surface area contributed by atoms with E-state index in [2.05, 4.69) is 11.9 Å². The lowest BCUT2D eigenvalue weighted by Gasteiger charge is -2.34. The maximum absolute atomic E-state index is 12.5. The first-order chi connectivity index (χ1) is 8.99. The Balaban J connectivity index is 2.00. The smallest absolute Gasteiger partial charge is 0.226 e. The molecule has 3 unspecified atom stereocenters. The molecule has 2 rings (SSSR count). The first kappa shape index (κ1) is 14.1. The monoisotopic (exact) mass is 264 g/mol. The highest BCUT2D eigenvalue weighted by molar-refractivity contribution is 5.79. The van der Waals surface area contributed by atoms with Crippen LogP contribution in [-0.2, 0) is 18.4 Å². The molecule has 1 saturated carbocycles. The summed E-state index contributed by atoms with van der Waals surface area (Å²) in [6, 6.07) is 0.173. The van der Waals surface area contributed by atoms with Crippen molar-refractivity contribution in [2.75, 3.05) is 7.05 Å². The van der Waals surface area contributed by atoms with Gasteiger partial charge in [0.2, 0.25) is 5.91 Å². The Labute approximate surface area is 114 Å². The molecular weight excluding hydrogens is 240 g/mol. The number of carbonyl (C=O) groups is 1. The lowest BCUT2D eigenvalue weighted by Crippen LogP contribution is -2.42. The van der Waals surface area contributed by atoms with Crippen molar-refractivity contribution in [3.05, 3.63) is 18.2 Å². The van der Waals surface area contributed by atoms with E-state index in [1.807, 2.05) is 24.9 Å². The molecule has 3 atom stereocenters. The Bertz CT molecular complexity index is 442. The summed E-state index contributed by atoms with van der Waals surface area (Å²) in [5, 5.41) is 0. The van der Waals surface area contributed by atoms with Gasteiger partial charge in [-0.15, -0.1) is 0 Å². The summed E-state index contributed by atoms with van der Waals surface area (Å²) in [7, 11) is 3.80. The third-order valence-electron chi connectivity index (χ3n) is 4.23. The summed E-state index contributed by atoms with van der Waals surface area (Å²) in [4.78, 5) is 18.6. The number of amides is 1. The van der Waals surface area contributed by atoms with Gasteiger partial charge >= 0.3 is 0 Å². The number of imidazole rings is 1. The van der Waals surface area contributed by atoms with Crippen molar-refractivity contribution in [3.63, 3.8) is 0 Å². The molecule has 1 aliphatic rings. The lowest BCUT2D eigenvalue weighted by molar-refractivity contribution is -0.137. The van der Waals surface area contributed by atoms with Crippen LogP contribution >= 0.6 is 0 Å². The van der Waals surface area contributed by atoms with Crippen molar-refractivity contribution in [2.24, 2.45) is 24.6 Å². The second-order valence-corrected chi connectivity index (χ2v) is 5.81. The second-order valence-electron chi connectivity index (χ2n) is 5.81. The lowest BCUT2D eigenvalue weighted by atomic mass is 9.77. The summed E-state index contributed by atoms with van der Waals surface area (Å²) in [5.74, 6) is 1.60. The van der Waals surface area contributed by atoms with Crippen molar-refractivity contribution >= 4 is 5.91 Å². The molecule has 19 heavy (non-hydrogen) atoms. The predicted octanol–water partition coefficient (Wildman–Crippen LogP) is 1.14. The number of nitrogens with two attached hydrogens (primary N) is 1. The molecule has 106 valence electrons. The summed E-state index contributed by atoms with van der Waals surface area (Å²) < 4.78 is 1.94. The van der Waals surface area contributed by atoms with Crippen LogP contribution in [0.5, 0.6) is 0 Å². The van der Waals surface area contributed by atoms with E-state index >= 15 is 0 Å². The Morgan fingerprint density at radius 3 is 2.95 bits per heavy atom. The fourth-order valence-corrected chi connectivity index (χ4v) is 2.82. The van der Waals surface area contributed by atoms with Crippen molar-refractivity contribution in [3.8, 4) is 0 Å². The third-order valence-corrected chi connectivity index (χ3v) is 4.23. The molecule has 1 aliphatic carbocycles. The number of nitrogens with zero attached hydrogens (tertiary/aromatic N) is 3. The normalized spacial score (nSPS) is 27.3. The topological polar surface area (TPSA) is 64.2 Å². The van der Waals surface area contributed by atoms with E-state index in [4.69, 9.17) is 5.73 Å². The predicted molar refractivity (Wildman–Crippen MR) is 74.2 cm³/mol. The van der Waals surface area contributed by atoms with Crippen LogP contribution in [0, 0.1) is 11.8 Å². The van der Waals surface area contributed by atoms with Gasteiger partial charge in [-0.25, -0.2) is 4.98 Å². The number of rotatable bonds is 3. The van der Waals surface area contributed by atoms with Crippen LogP contribution in [0.4, 0.5) is 0 Å². The minimum absolute atomic E-state index is 0.0639. The van der Waals surface area contributed by atoms with Gasteiger partial charge in [0.25, 0.3) is 0 Å². The van der Waals surface area contributed by atoms with Crippen molar-refractivity contribution in [1.82, 2.24) is 14.5 Å². The summed E-state index contributed by atoms with van der Waals surface area (Å²) >= 11 is 0. The molecule has 1 heterocycles. The standard InChI is InChI=1S/C14H24N4O/c1-10-4-5-11(15)8-12(10)14(19)18(3)9-13-16-6-7-17(13)2/h6-7,10-12H,4-5,8-9,15H2,1-3H3. The van der Waals surface area contributed by atoms with Crippen LogP contribution in [0.2, 0.25) is 0 Å². The molecule has 0 aliphatic heterocycles. The highest BCUT2D eigenvalue weighted by atomic mass is 16.2. The molecule has 0 saturated heterocycles. The van der Waals surface area contributed by atoms with Gasteiger partial charge in [0, 0.05) is 38.4 Å². The molecular formula is C14H24N4O. The van der Waals surface area contributed by atoms with E-state index in [-0.39, 0.29) is 17.9 Å². The Kier molecular flexibility index (Phi) is 4.24. The Morgan fingerprint density at radius 1 is 1.58 bits per heavy atom. The zero-order valence-corrected chi connectivity index (χ0v) is 12.0. The van der Waals surface area contributed by atoms with Gasteiger partial charge in [-0.1, -0.05) is 6.92 Å². The molecule has 1 fully saturated rings. The van der Waals surface area contributed by atoms with Gasteiger partial charge in [-0.3, -0.25) is 4.79 Å². The molecule has 5 heteroatoms. The van der Waals surface area contributed by atoms with Crippen LogP contribution in [0.1, 0.15) is 32.0 Å². The molecule has 5 nitrogen and oxygen atoms in total. The number of carbonyl (C=O) groups excluding carboxylic acids is 1. The van der Waals surface area contributed by atoms with Crippen molar-refractivity contribution < 1.29 is 4.79 Å². The summed E-state index contributed by atoms with van der Waals surface area (Å²) in [6.07, 6.45) is 6.55. The van der Waals surface area contributed by atoms with Crippen molar-refractivity contribution in [2.45, 2.75) is 38.8 Å². The molecule has 0 aromatic carbocycles. The van der Waals surface area contributed by atoms with Gasteiger partial charge in [0.1, 0.15) is 5.82 Å². The van der Waals surface area contributed by atoms with Crippen LogP contribution in [0.3, 0.4) is 0 Å². The average molecular weight is 264 g/mol. The minimum atomic E-state index is 0.0639. The number of hydrogen-bond donors (Lipinski definition) is 1. The van der Waals surface area contributed by atoms with Crippen LogP contribution in [0.15, 0.2) is 12.4 Å². The van der Waals surface area contributed by atoms with Crippen molar-refractivity contribution in [1.29, 1.82) is 0 Å². The third kappa shape index (κ3) is 3.15. The van der Waals surface area contributed by atoms with E-state index in [1.54, 1.807) is 11.1 Å². The van der Waals surface area contributed by atoms with Crippen LogP contribution < -0.4 is 5.73 Å². The van der Waals surface area contributed by atoms with Crippen LogP contribution in [-0.4, -0.2) is 33.4 Å². The SMILES string of the molecule is CC1CCC(N)CC1C(=O)N(C)Cc1nccn1C. The van der Waals surface area contributed by atoms with E-state index < -0.39 is 0 Å². The molecule has 2 N–H and O–H groups in total. The maximum atomic E-state index is 12.5. The molecule has 1 amide bonds. The largest absolute Gasteiger partial charge is 0.338 e. The van der Waals surface area contributed by atoms with Gasteiger partial charge < -0.3 is 15.2 Å². The first-order valence-electron chi connectivity index (χ1n) is 6.95. The molecule has 1 aromatic rings. The average Bonchev–Trinajstić information content (AvgIpc) is 2.77. The van der Waals surface area contributed by atoms with Gasteiger partial charge in [0.05, 0.1) is 6.54 Å². The molecule has 1 aromatic heterocycles. The van der Waals surface area contributed by atoms with E-state index in [0.29, 0.717) is 12.5 Å². The molecule has 0 radical (unpaired) electrons. The zero-order valence-electron chi connectivity index (χ0n) is 12.0. The van der Waals surface area contributed by atoms with Gasteiger partial charge in [-0.2, -0.15) is 0 Å². The highest BCUT2D eigenvalue weighted by Crippen LogP contribution is 2.30. The number of aromatic nitrogens is 2. The zero-order chi connectivity index (χ0) is 14.0. The number of aryl methyl sites for hydroxylation is 1. The van der Waals surface area contributed by atoms with Crippen LogP contribution in [0.25, 0.3) is 0 Å². The Hall–Kier alpha value is -1.36. The maximum Gasteiger partial charge on any atom is 0.226 e. The van der Waals surface area contributed by atoms with E-state index in [1.165, 1.54) is 0 Å². The first-order valence-corrected chi connectivity index (χ1v) is 6.95. The molecule has 0 spiro atoms. The Morgan fingerprint density at radius 2 is 2.32 bits per heavy atom. The second kappa shape index (κ2) is 5.74. The summed E-state index contributed by atoms with van der Waals surface area (Å²) in [5.41, 5.74) is 6.00. The quantitative estimate of drug-likeness (QED) is 0.890. The number of hydrogen-bond acceptors (Lipinski definition) is 3. The minimum Gasteiger partial charge on any atom is -0.338 e. The van der Waals surface area contributed by atoms with E-state index in [9.17, 15) is 4.79 Å². The van der Waals surface area contributed by atoms with E-state index in [0.717, 1.165) is 25.1 Å². The highest BCUT2D eigenvalue weighted by Gasteiger charge is 2.33.